The highest BCUT2D eigenvalue weighted by Crippen LogP contribution is 2.08. The molecule has 0 saturated heterocycles. The van der Waals surface area contributed by atoms with Crippen LogP contribution in [0.3, 0.4) is 0 Å². The van der Waals surface area contributed by atoms with Crippen molar-refractivity contribution in [1.82, 2.24) is 5.32 Å². The van der Waals surface area contributed by atoms with Gasteiger partial charge in [0, 0.05) is 0 Å². The molecule has 1 unspecified atom stereocenters. The molecular formula is C11H18N2O6. The molecule has 108 valence electrons. The molecular weight excluding hydrogens is 256 g/mol. The van der Waals surface area contributed by atoms with Crippen LogP contribution in [0.5, 0.6) is 0 Å². The largest absolute Gasteiger partial charge is 0.467 e. The molecule has 0 fully saturated rings. The van der Waals surface area contributed by atoms with E-state index in [9.17, 15) is 19.2 Å². The monoisotopic (exact) mass is 274 g/mol. The number of hydrogen-bond acceptors (Lipinski definition) is 6. The molecule has 8 nitrogen and oxygen atoms in total. The first-order valence-electron chi connectivity index (χ1n) is 5.45. The van der Waals surface area contributed by atoms with Gasteiger partial charge in [-0.15, -0.1) is 0 Å². The van der Waals surface area contributed by atoms with Crippen LogP contribution in [0.4, 0.5) is 0 Å². The highest BCUT2D eigenvalue weighted by atomic mass is 16.6. The van der Waals surface area contributed by atoms with Gasteiger partial charge in [0.05, 0.1) is 7.11 Å². The maximum absolute atomic E-state index is 11.4. The SMILES string of the molecule is COC(=O)C(NC(=O)CC(=O)OC(C)(C)C)C(N)=O. The van der Waals surface area contributed by atoms with E-state index in [-0.39, 0.29) is 0 Å². The Morgan fingerprint density at radius 1 is 1.21 bits per heavy atom. The molecule has 0 spiro atoms. The van der Waals surface area contributed by atoms with Gasteiger partial charge in [0.15, 0.2) is 0 Å². The Kier molecular flexibility index (Phi) is 5.97. The highest BCUT2D eigenvalue weighted by Gasteiger charge is 2.28. The molecule has 0 rings (SSSR count). The Balaban J connectivity index is 4.48. The summed E-state index contributed by atoms with van der Waals surface area (Å²) >= 11 is 0. The van der Waals surface area contributed by atoms with Crippen molar-refractivity contribution in [3.8, 4) is 0 Å². The maximum atomic E-state index is 11.4. The van der Waals surface area contributed by atoms with E-state index in [1.807, 2.05) is 5.32 Å². The first kappa shape index (κ1) is 16.9. The molecule has 2 amide bonds. The average molecular weight is 274 g/mol. The van der Waals surface area contributed by atoms with Crippen LogP contribution in [0, 0.1) is 0 Å². The van der Waals surface area contributed by atoms with Gasteiger partial charge in [0.1, 0.15) is 12.0 Å². The minimum absolute atomic E-state index is 0.627. The quantitative estimate of drug-likeness (QED) is 0.482. The predicted molar refractivity (Wildman–Crippen MR) is 63.6 cm³/mol. The average Bonchev–Trinajstić information content (AvgIpc) is 2.21. The van der Waals surface area contributed by atoms with Crippen LogP contribution in [-0.4, -0.2) is 42.5 Å². The van der Waals surface area contributed by atoms with E-state index in [0.717, 1.165) is 7.11 Å². The minimum atomic E-state index is -1.63. The van der Waals surface area contributed by atoms with Crippen molar-refractivity contribution in [1.29, 1.82) is 0 Å². The van der Waals surface area contributed by atoms with E-state index in [2.05, 4.69) is 4.74 Å². The predicted octanol–water partition coefficient (Wildman–Crippen LogP) is -1.14. The van der Waals surface area contributed by atoms with Crippen LogP contribution >= 0.6 is 0 Å². The summed E-state index contributed by atoms with van der Waals surface area (Å²) in [6, 6.07) is -1.63. The van der Waals surface area contributed by atoms with E-state index in [1.54, 1.807) is 20.8 Å². The number of amides is 2. The molecule has 3 N–H and O–H groups in total. The van der Waals surface area contributed by atoms with Crippen LogP contribution in [0.25, 0.3) is 0 Å². The molecule has 0 aromatic rings. The summed E-state index contributed by atoms with van der Waals surface area (Å²) in [6.45, 7) is 4.93. The van der Waals surface area contributed by atoms with Crippen molar-refractivity contribution < 1.29 is 28.7 Å². The van der Waals surface area contributed by atoms with Gasteiger partial charge < -0.3 is 20.5 Å². The zero-order valence-electron chi connectivity index (χ0n) is 11.3. The summed E-state index contributed by atoms with van der Waals surface area (Å²) < 4.78 is 9.19. The first-order chi connectivity index (χ1) is 8.56. The van der Waals surface area contributed by atoms with E-state index < -0.39 is 41.8 Å². The van der Waals surface area contributed by atoms with E-state index in [1.165, 1.54) is 0 Å². The topological polar surface area (TPSA) is 125 Å². The lowest BCUT2D eigenvalue weighted by molar-refractivity contribution is -0.158. The van der Waals surface area contributed by atoms with Crippen LogP contribution in [0.15, 0.2) is 0 Å². The van der Waals surface area contributed by atoms with Gasteiger partial charge in [0.25, 0.3) is 5.91 Å². The van der Waals surface area contributed by atoms with Gasteiger partial charge in [-0.1, -0.05) is 0 Å². The summed E-state index contributed by atoms with van der Waals surface area (Å²) in [7, 11) is 1.04. The van der Waals surface area contributed by atoms with Crippen molar-refractivity contribution in [2.24, 2.45) is 5.73 Å². The van der Waals surface area contributed by atoms with E-state index in [4.69, 9.17) is 10.5 Å². The molecule has 0 radical (unpaired) electrons. The van der Waals surface area contributed by atoms with Crippen molar-refractivity contribution in [3.63, 3.8) is 0 Å². The third-order valence-electron chi connectivity index (χ3n) is 1.75. The number of nitrogens with two attached hydrogens (primary N) is 1. The van der Waals surface area contributed by atoms with Crippen LogP contribution in [-0.2, 0) is 28.7 Å². The number of carbonyl (C=O) groups excluding carboxylic acids is 4. The molecule has 0 aliphatic rings. The molecule has 0 aromatic heterocycles. The summed E-state index contributed by atoms with van der Waals surface area (Å²) in [5.41, 5.74) is 4.19. The molecule has 0 bridgehead atoms. The Labute approximate surface area is 110 Å². The van der Waals surface area contributed by atoms with E-state index >= 15 is 0 Å². The Morgan fingerprint density at radius 2 is 1.74 bits per heavy atom. The fraction of sp³-hybridized carbons (Fsp3) is 0.636. The summed E-state index contributed by atoms with van der Waals surface area (Å²) in [5, 5.41) is 1.99. The normalized spacial score (nSPS) is 12.2. The standard InChI is InChI=1S/C11H18N2O6/c1-11(2,3)19-7(15)5-6(14)13-8(9(12)16)10(17)18-4/h8H,5H2,1-4H3,(H2,12,16)(H,13,14). The molecule has 19 heavy (non-hydrogen) atoms. The van der Waals surface area contributed by atoms with Crippen LogP contribution in [0.2, 0.25) is 0 Å². The number of rotatable bonds is 5. The second-order valence-corrected chi connectivity index (χ2v) is 4.69. The fourth-order valence-corrected chi connectivity index (χ4v) is 1.08. The number of nitrogens with one attached hydrogen (secondary N) is 1. The lowest BCUT2D eigenvalue weighted by Crippen LogP contribution is -2.50. The summed E-state index contributed by atoms with van der Waals surface area (Å²) in [4.78, 5) is 44.9. The number of methoxy groups -OCH3 is 1. The molecule has 0 saturated carbocycles. The fourth-order valence-electron chi connectivity index (χ4n) is 1.08. The van der Waals surface area contributed by atoms with Crippen molar-refractivity contribution in [2.45, 2.75) is 38.8 Å². The van der Waals surface area contributed by atoms with Gasteiger partial charge in [0.2, 0.25) is 11.9 Å². The zero-order valence-corrected chi connectivity index (χ0v) is 11.3. The Bertz CT molecular complexity index is 385. The third kappa shape index (κ3) is 7.02. The second kappa shape index (κ2) is 6.72. The van der Waals surface area contributed by atoms with Crippen LogP contribution in [0.1, 0.15) is 27.2 Å². The van der Waals surface area contributed by atoms with Crippen molar-refractivity contribution in [2.75, 3.05) is 7.11 Å². The van der Waals surface area contributed by atoms with Gasteiger partial charge in [-0.3, -0.25) is 14.4 Å². The van der Waals surface area contributed by atoms with Crippen molar-refractivity contribution in [3.05, 3.63) is 0 Å². The molecule has 1 atom stereocenters. The number of ether oxygens (including phenoxy) is 2. The highest BCUT2D eigenvalue weighted by molar-refractivity contribution is 6.05. The zero-order chi connectivity index (χ0) is 15.2. The Morgan fingerprint density at radius 3 is 2.11 bits per heavy atom. The smallest absolute Gasteiger partial charge is 0.338 e. The third-order valence-corrected chi connectivity index (χ3v) is 1.75. The lowest BCUT2D eigenvalue weighted by Gasteiger charge is -2.19. The molecule has 0 heterocycles. The number of carbonyl (C=O) groups is 4. The molecule has 0 aliphatic heterocycles. The minimum Gasteiger partial charge on any atom is -0.467 e. The number of esters is 2. The molecule has 0 aliphatic carbocycles. The molecule has 8 heteroatoms. The first-order valence-corrected chi connectivity index (χ1v) is 5.45. The summed E-state index contributed by atoms with van der Waals surface area (Å²) in [6.07, 6.45) is -0.627. The Hall–Kier alpha value is -2.12. The molecule has 0 aromatic carbocycles. The summed E-state index contributed by atoms with van der Waals surface area (Å²) in [5.74, 6) is -3.73. The van der Waals surface area contributed by atoms with Crippen LogP contribution < -0.4 is 11.1 Å². The van der Waals surface area contributed by atoms with Gasteiger partial charge >= 0.3 is 11.9 Å². The lowest BCUT2D eigenvalue weighted by atomic mass is 10.2. The van der Waals surface area contributed by atoms with Gasteiger partial charge in [-0.05, 0) is 20.8 Å². The van der Waals surface area contributed by atoms with Gasteiger partial charge in [-0.2, -0.15) is 0 Å². The second-order valence-electron chi connectivity index (χ2n) is 4.69. The van der Waals surface area contributed by atoms with Gasteiger partial charge in [-0.25, -0.2) is 4.79 Å². The number of hydrogen-bond donors (Lipinski definition) is 2. The van der Waals surface area contributed by atoms with Crippen molar-refractivity contribution >= 4 is 23.8 Å². The number of primary amides is 1. The maximum Gasteiger partial charge on any atom is 0.338 e. The van der Waals surface area contributed by atoms with E-state index in [0.29, 0.717) is 0 Å².